The van der Waals surface area contributed by atoms with Gasteiger partial charge in [-0.2, -0.15) is 0 Å². The molecule has 182 valence electrons. The van der Waals surface area contributed by atoms with E-state index in [9.17, 15) is 4.79 Å². The van der Waals surface area contributed by atoms with Gasteiger partial charge in [0, 0.05) is 17.7 Å². The molecule has 5 nitrogen and oxygen atoms in total. The van der Waals surface area contributed by atoms with Crippen LogP contribution in [0.25, 0.3) is 27.2 Å². The first-order valence-corrected chi connectivity index (χ1v) is 13.9. The van der Waals surface area contributed by atoms with Gasteiger partial charge in [-0.25, -0.2) is 4.68 Å². The monoisotopic (exact) mass is 503 g/mol. The van der Waals surface area contributed by atoms with E-state index in [2.05, 4.69) is 5.09 Å². The highest BCUT2D eigenvalue weighted by atomic mass is 31.2. The maximum atomic E-state index is 15.5. The lowest BCUT2D eigenvalue weighted by Crippen LogP contribution is -2.26. The number of nitrogens with zero attached hydrogens (tertiary/aromatic N) is 2. The Kier molecular flexibility index (Phi) is 5.58. The van der Waals surface area contributed by atoms with Crippen LogP contribution in [0.5, 0.6) is 0 Å². The summed E-state index contributed by atoms with van der Waals surface area (Å²) in [5.41, 5.74) is 1.54. The highest BCUT2D eigenvalue weighted by molar-refractivity contribution is 7.80. The molecule has 0 aliphatic carbocycles. The van der Waals surface area contributed by atoms with Crippen molar-refractivity contribution in [1.82, 2.24) is 9.36 Å². The maximum Gasteiger partial charge on any atom is 0.295 e. The summed E-state index contributed by atoms with van der Waals surface area (Å²) in [4.78, 5) is 13.8. The summed E-state index contributed by atoms with van der Waals surface area (Å²) >= 11 is 0. The van der Waals surface area contributed by atoms with Crippen LogP contribution in [0.15, 0.2) is 120 Å². The van der Waals surface area contributed by atoms with Crippen molar-refractivity contribution in [1.29, 1.82) is 0 Å². The molecule has 6 heteroatoms. The zero-order chi connectivity index (χ0) is 25.6. The Bertz CT molecular complexity index is 1790. The largest absolute Gasteiger partial charge is 0.323 e. The summed E-state index contributed by atoms with van der Waals surface area (Å²) in [6.07, 6.45) is 0. The molecule has 0 atom stereocenters. The maximum absolute atomic E-state index is 15.5. The highest BCUT2D eigenvalue weighted by Gasteiger charge is 2.33. The Morgan fingerprint density at radius 3 is 1.70 bits per heavy atom. The number of anilines is 1. The third-order valence-corrected chi connectivity index (χ3v) is 9.71. The average Bonchev–Trinajstić information content (AvgIpc) is 3.15. The van der Waals surface area contributed by atoms with Gasteiger partial charge in [0.25, 0.3) is 5.56 Å². The molecule has 0 saturated carbocycles. The number of nitrogens with one attached hydrogen (secondary N) is 1. The summed E-state index contributed by atoms with van der Waals surface area (Å²) in [6, 6.07) is 37.1. The summed E-state index contributed by atoms with van der Waals surface area (Å²) < 4.78 is 18.9. The second kappa shape index (κ2) is 8.95. The van der Waals surface area contributed by atoms with Gasteiger partial charge < -0.3 is 5.09 Å². The van der Waals surface area contributed by atoms with Crippen molar-refractivity contribution < 1.29 is 4.57 Å². The molecule has 0 aliphatic rings. The van der Waals surface area contributed by atoms with Crippen LogP contribution in [-0.4, -0.2) is 9.36 Å². The van der Waals surface area contributed by atoms with Gasteiger partial charge in [-0.15, -0.1) is 0 Å². The number of benzene rings is 5. The number of rotatable bonds is 5. The molecular weight excluding hydrogens is 477 g/mol. The smallest absolute Gasteiger partial charge is 0.295 e. The zero-order valence-electron chi connectivity index (χ0n) is 20.6. The third kappa shape index (κ3) is 3.71. The molecule has 0 spiro atoms. The minimum atomic E-state index is -3.57. The van der Waals surface area contributed by atoms with Crippen molar-refractivity contribution in [2.75, 3.05) is 5.09 Å². The Morgan fingerprint density at radius 1 is 0.649 bits per heavy atom. The molecule has 37 heavy (non-hydrogen) atoms. The molecule has 0 bridgehead atoms. The first-order valence-electron chi connectivity index (χ1n) is 12.2. The second-order valence-electron chi connectivity index (χ2n) is 9.15. The van der Waals surface area contributed by atoms with E-state index in [1.54, 1.807) is 9.36 Å². The molecule has 0 saturated heterocycles. The summed E-state index contributed by atoms with van der Waals surface area (Å²) in [7, 11) is -1.72. The highest BCUT2D eigenvalue weighted by Crippen LogP contribution is 2.47. The van der Waals surface area contributed by atoms with Crippen LogP contribution in [0.3, 0.4) is 0 Å². The average molecular weight is 504 g/mol. The van der Waals surface area contributed by atoms with Gasteiger partial charge in [0.2, 0.25) is 7.29 Å². The summed E-state index contributed by atoms with van der Waals surface area (Å²) in [6.45, 7) is 1.87. The van der Waals surface area contributed by atoms with E-state index in [4.69, 9.17) is 0 Å². The molecule has 5 aromatic carbocycles. The van der Waals surface area contributed by atoms with Gasteiger partial charge in [0.1, 0.15) is 5.69 Å². The van der Waals surface area contributed by atoms with E-state index in [1.165, 1.54) is 0 Å². The van der Waals surface area contributed by atoms with Gasteiger partial charge in [0.05, 0.1) is 11.4 Å². The van der Waals surface area contributed by atoms with Crippen molar-refractivity contribution in [2.24, 2.45) is 7.05 Å². The quantitative estimate of drug-likeness (QED) is 0.288. The second-order valence-corrected chi connectivity index (χ2v) is 11.6. The fourth-order valence-corrected chi connectivity index (χ4v) is 7.82. The van der Waals surface area contributed by atoms with Crippen LogP contribution >= 0.6 is 7.29 Å². The fraction of sp³-hybridized carbons (Fsp3) is 0.0645. The molecule has 1 aromatic heterocycles. The van der Waals surface area contributed by atoms with E-state index in [0.717, 1.165) is 27.2 Å². The Hall–Kier alpha value is -4.34. The van der Waals surface area contributed by atoms with Gasteiger partial charge in [-0.3, -0.25) is 14.0 Å². The van der Waals surface area contributed by atoms with Crippen molar-refractivity contribution in [2.45, 2.75) is 6.92 Å². The molecule has 6 rings (SSSR count). The van der Waals surface area contributed by atoms with Crippen molar-refractivity contribution in [3.63, 3.8) is 0 Å². The molecule has 0 aliphatic heterocycles. The minimum absolute atomic E-state index is 0.244. The number of aromatic nitrogens is 2. The van der Waals surface area contributed by atoms with Crippen LogP contribution < -0.4 is 21.3 Å². The molecule has 0 amide bonds. The Labute approximate surface area is 215 Å². The van der Waals surface area contributed by atoms with Crippen LogP contribution in [0, 0.1) is 6.92 Å². The molecule has 0 fully saturated rings. The number of hydrogen-bond donors (Lipinski definition) is 1. The molecule has 1 N–H and O–H groups in total. The molecule has 6 aromatic rings. The van der Waals surface area contributed by atoms with Gasteiger partial charge in [-0.1, -0.05) is 91.0 Å². The Morgan fingerprint density at radius 2 is 1.14 bits per heavy atom. The third-order valence-electron chi connectivity index (χ3n) is 7.04. The normalized spacial score (nSPS) is 11.7. The zero-order valence-corrected chi connectivity index (χ0v) is 21.5. The fourth-order valence-electron chi connectivity index (χ4n) is 5.07. The lowest BCUT2D eigenvalue weighted by Gasteiger charge is -2.24. The van der Waals surface area contributed by atoms with Gasteiger partial charge in [-0.05, 0) is 52.7 Å². The first kappa shape index (κ1) is 23.1. The van der Waals surface area contributed by atoms with E-state index in [-0.39, 0.29) is 5.56 Å². The van der Waals surface area contributed by atoms with Gasteiger partial charge in [0.15, 0.2) is 0 Å². The standard InChI is InChI=1S/C31H26N3O2P/c1-22-30(31(35)34(33(22)2)25-16-4-3-5-17-25)32-37(36,28-20-10-14-23-12-6-8-18-26(23)28)29-21-11-15-24-13-7-9-19-27(24)29/h3-21H,1-2H3,(H,32,36). The number of fused-ring (bicyclic) bond motifs is 2. The molecule has 1 heterocycles. The van der Waals surface area contributed by atoms with Crippen LogP contribution in [0.4, 0.5) is 5.69 Å². The van der Waals surface area contributed by atoms with E-state index in [0.29, 0.717) is 22.0 Å². The van der Waals surface area contributed by atoms with Crippen LogP contribution in [0.1, 0.15) is 5.69 Å². The first-order chi connectivity index (χ1) is 18.0. The van der Waals surface area contributed by atoms with Crippen molar-refractivity contribution >= 4 is 45.1 Å². The SMILES string of the molecule is Cc1c(NP(=O)(c2cccc3ccccc23)c2cccc3ccccc23)c(=O)n(-c2ccccc2)n1C. The van der Waals surface area contributed by atoms with Gasteiger partial charge >= 0.3 is 0 Å². The predicted molar refractivity (Wildman–Crippen MR) is 154 cm³/mol. The molecule has 0 radical (unpaired) electrons. The van der Waals surface area contributed by atoms with Crippen molar-refractivity contribution in [3.8, 4) is 5.69 Å². The Balaban J connectivity index is 1.65. The summed E-state index contributed by atoms with van der Waals surface area (Å²) in [5, 5.41) is 8.47. The van der Waals surface area contributed by atoms with E-state index in [1.807, 2.05) is 129 Å². The van der Waals surface area contributed by atoms with Crippen LogP contribution in [-0.2, 0) is 11.6 Å². The number of para-hydroxylation sites is 1. The van der Waals surface area contributed by atoms with Crippen molar-refractivity contribution in [3.05, 3.63) is 131 Å². The van der Waals surface area contributed by atoms with E-state index < -0.39 is 7.29 Å². The lowest BCUT2D eigenvalue weighted by molar-refractivity contribution is 0.590. The number of hydrogen-bond acceptors (Lipinski definition) is 2. The molecular formula is C31H26N3O2P. The lowest BCUT2D eigenvalue weighted by atomic mass is 10.1. The minimum Gasteiger partial charge on any atom is -0.323 e. The molecule has 0 unspecified atom stereocenters. The van der Waals surface area contributed by atoms with Crippen LogP contribution in [0.2, 0.25) is 0 Å². The van der Waals surface area contributed by atoms with E-state index >= 15 is 4.57 Å². The predicted octanol–water partition coefficient (Wildman–Crippen LogP) is 6.13. The topological polar surface area (TPSA) is 56.0 Å². The summed E-state index contributed by atoms with van der Waals surface area (Å²) in [5.74, 6) is 0.